The molecule has 1 aromatic rings. The molecule has 0 atom stereocenters. The fourth-order valence-electron chi connectivity index (χ4n) is 1.44. The lowest BCUT2D eigenvalue weighted by atomic mass is 10.3. The van der Waals surface area contributed by atoms with Gasteiger partial charge in [0.1, 0.15) is 0 Å². The predicted molar refractivity (Wildman–Crippen MR) is 63.2 cm³/mol. The molecule has 1 heterocycles. The largest absolute Gasteiger partial charge is 0.378 e. The minimum atomic E-state index is -4.15. The Morgan fingerprint density at radius 3 is 2.33 bits per heavy atom. The van der Waals surface area contributed by atoms with E-state index in [0.29, 0.717) is 32.0 Å². The van der Waals surface area contributed by atoms with Crippen LogP contribution >= 0.6 is 0 Å². The smallest absolute Gasteiger partial charge is 0.294 e. The number of morpholine rings is 1. The second kappa shape index (κ2) is 5.42. The minimum absolute atomic E-state index is 0.159. The molecule has 8 heteroatoms. The first-order valence-corrected chi connectivity index (χ1v) is 6.81. The average molecular weight is 271 g/mol. The third kappa shape index (κ3) is 3.49. The average Bonchev–Trinajstić information content (AvgIpc) is 2.37. The summed E-state index contributed by atoms with van der Waals surface area (Å²) in [6.07, 6.45) is 0. The highest BCUT2D eigenvalue weighted by atomic mass is 32.2. The lowest BCUT2D eigenvalue weighted by molar-refractivity contribution is 0.0353. The van der Waals surface area contributed by atoms with E-state index in [1.165, 1.54) is 24.3 Å². The van der Waals surface area contributed by atoms with Crippen LogP contribution in [0.4, 0.5) is 5.69 Å². The van der Waals surface area contributed by atoms with Crippen LogP contribution in [0, 0.1) is 0 Å². The van der Waals surface area contributed by atoms with Crippen molar-refractivity contribution in [2.24, 2.45) is 10.3 Å². The molecule has 1 aliphatic heterocycles. The van der Waals surface area contributed by atoms with Crippen LogP contribution in [0.5, 0.6) is 0 Å². The molecule has 1 fully saturated rings. The van der Waals surface area contributed by atoms with Gasteiger partial charge in [-0.2, -0.15) is 8.42 Å². The summed E-state index contributed by atoms with van der Waals surface area (Å²) in [4.78, 5) is -0.159. The standard InChI is InChI=1S/C10H13N3O4S/c14-18(15,16)10-3-1-9(2-4-10)11-12-13-5-7-17-8-6-13/h1-4H,5-8H2,(H,14,15,16). The van der Waals surface area contributed by atoms with Gasteiger partial charge in [0.05, 0.1) is 36.9 Å². The summed E-state index contributed by atoms with van der Waals surface area (Å²) >= 11 is 0. The van der Waals surface area contributed by atoms with E-state index >= 15 is 0 Å². The third-order valence-electron chi connectivity index (χ3n) is 2.41. The summed E-state index contributed by atoms with van der Waals surface area (Å²) in [6, 6.07) is 5.52. The van der Waals surface area contributed by atoms with Gasteiger partial charge in [-0.15, -0.1) is 5.11 Å². The van der Waals surface area contributed by atoms with Gasteiger partial charge in [0.25, 0.3) is 10.1 Å². The van der Waals surface area contributed by atoms with Crippen LogP contribution in [0.3, 0.4) is 0 Å². The van der Waals surface area contributed by atoms with Crippen LogP contribution in [-0.2, 0) is 14.9 Å². The highest BCUT2D eigenvalue weighted by molar-refractivity contribution is 7.85. The SMILES string of the molecule is O=S(=O)(O)c1ccc(N=NN2CCOCC2)cc1. The molecule has 0 saturated carbocycles. The molecule has 1 saturated heterocycles. The van der Waals surface area contributed by atoms with Crippen LogP contribution in [-0.4, -0.2) is 44.3 Å². The Kier molecular flexibility index (Phi) is 3.90. The monoisotopic (exact) mass is 271 g/mol. The molecular weight excluding hydrogens is 258 g/mol. The quantitative estimate of drug-likeness (QED) is 0.660. The highest BCUT2D eigenvalue weighted by Crippen LogP contribution is 2.17. The molecule has 0 aromatic heterocycles. The summed E-state index contributed by atoms with van der Waals surface area (Å²) in [5.41, 5.74) is 0.522. The summed E-state index contributed by atoms with van der Waals surface area (Å²) in [5, 5.41) is 9.76. The van der Waals surface area contributed by atoms with Gasteiger partial charge in [0.15, 0.2) is 0 Å². The van der Waals surface area contributed by atoms with Crippen molar-refractivity contribution in [2.45, 2.75) is 4.90 Å². The van der Waals surface area contributed by atoms with E-state index in [1.807, 2.05) is 0 Å². The summed E-state index contributed by atoms with van der Waals surface area (Å²) < 4.78 is 35.6. The van der Waals surface area contributed by atoms with E-state index in [1.54, 1.807) is 5.01 Å². The zero-order valence-corrected chi connectivity index (χ0v) is 10.4. The van der Waals surface area contributed by atoms with Gasteiger partial charge in [-0.05, 0) is 24.3 Å². The van der Waals surface area contributed by atoms with Gasteiger partial charge >= 0.3 is 0 Å². The van der Waals surface area contributed by atoms with E-state index in [2.05, 4.69) is 10.3 Å². The minimum Gasteiger partial charge on any atom is -0.378 e. The van der Waals surface area contributed by atoms with Crippen molar-refractivity contribution in [1.29, 1.82) is 0 Å². The predicted octanol–water partition coefficient (Wildman–Crippen LogP) is 1.26. The summed E-state index contributed by atoms with van der Waals surface area (Å²) in [6.45, 7) is 2.63. The van der Waals surface area contributed by atoms with Crippen molar-refractivity contribution >= 4 is 15.8 Å². The number of nitrogens with zero attached hydrogens (tertiary/aromatic N) is 3. The van der Waals surface area contributed by atoms with Crippen molar-refractivity contribution in [2.75, 3.05) is 26.3 Å². The normalized spacial score (nSPS) is 17.3. The summed E-state index contributed by atoms with van der Waals surface area (Å²) in [7, 11) is -4.15. The molecule has 98 valence electrons. The number of rotatable bonds is 3. The van der Waals surface area contributed by atoms with E-state index in [9.17, 15) is 8.42 Å². The van der Waals surface area contributed by atoms with Crippen LogP contribution < -0.4 is 0 Å². The Morgan fingerprint density at radius 1 is 1.17 bits per heavy atom. The molecule has 0 radical (unpaired) electrons. The second-order valence-electron chi connectivity index (χ2n) is 3.72. The molecule has 1 aliphatic rings. The molecule has 1 aromatic carbocycles. The van der Waals surface area contributed by atoms with E-state index in [0.717, 1.165) is 0 Å². The molecule has 7 nitrogen and oxygen atoms in total. The second-order valence-corrected chi connectivity index (χ2v) is 5.15. The topological polar surface area (TPSA) is 91.6 Å². The molecular formula is C10H13N3O4S. The van der Waals surface area contributed by atoms with Crippen molar-refractivity contribution in [3.8, 4) is 0 Å². The molecule has 0 unspecified atom stereocenters. The first-order chi connectivity index (χ1) is 8.55. The maximum Gasteiger partial charge on any atom is 0.294 e. The maximum absolute atomic E-state index is 10.8. The Balaban J connectivity index is 2.03. The fraction of sp³-hybridized carbons (Fsp3) is 0.400. The lowest BCUT2D eigenvalue weighted by Crippen LogP contribution is -2.31. The first-order valence-electron chi connectivity index (χ1n) is 5.37. The van der Waals surface area contributed by atoms with Gasteiger partial charge in [0.2, 0.25) is 0 Å². The van der Waals surface area contributed by atoms with Crippen LogP contribution in [0.2, 0.25) is 0 Å². The fourth-order valence-corrected chi connectivity index (χ4v) is 1.92. The Morgan fingerprint density at radius 2 is 1.78 bits per heavy atom. The zero-order chi connectivity index (χ0) is 13.0. The van der Waals surface area contributed by atoms with Crippen LogP contribution in [0.15, 0.2) is 39.5 Å². The van der Waals surface area contributed by atoms with Gasteiger partial charge < -0.3 is 4.74 Å². The molecule has 2 rings (SSSR count). The number of hydrogen-bond acceptors (Lipinski definition) is 5. The Hall–Kier alpha value is -1.51. The number of benzene rings is 1. The molecule has 1 N–H and O–H groups in total. The molecule has 0 bridgehead atoms. The van der Waals surface area contributed by atoms with Crippen molar-refractivity contribution in [1.82, 2.24) is 5.01 Å². The van der Waals surface area contributed by atoms with E-state index in [4.69, 9.17) is 9.29 Å². The highest BCUT2D eigenvalue weighted by Gasteiger charge is 2.09. The van der Waals surface area contributed by atoms with Crippen molar-refractivity contribution in [3.05, 3.63) is 24.3 Å². The number of hydrogen-bond donors (Lipinski definition) is 1. The third-order valence-corrected chi connectivity index (χ3v) is 3.28. The van der Waals surface area contributed by atoms with E-state index < -0.39 is 10.1 Å². The molecule has 0 aliphatic carbocycles. The molecule has 0 spiro atoms. The van der Waals surface area contributed by atoms with Crippen LogP contribution in [0.1, 0.15) is 0 Å². The van der Waals surface area contributed by atoms with Crippen molar-refractivity contribution in [3.63, 3.8) is 0 Å². The van der Waals surface area contributed by atoms with Crippen LogP contribution in [0.25, 0.3) is 0 Å². The van der Waals surface area contributed by atoms with Gasteiger partial charge in [-0.25, -0.2) is 0 Å². The van der Waals surface area contributed by atoms with Gasteiger partial charge in [-0.1, -0.05) is 5.22 Å². The molecule has 18 heavy (non-hydrogen) atoms. The maximum atomic E-state index is 10.8. The van der Waals surface area contributed by atoms with E-state index in [-0.39, 0.29) is 4.90 Å². The molecule has 0 amide bonds. The van der Waals surface area contributed by atoms with Crippen molar-refractivity contribution < 1.29 is 17.7 Å². The first kappa shape index (κ1) is 12.9. The number of ether oxygens (including phenoxy) is 1. The Labute approximate surface area is 105 Å². The Bertz CT molecular complexity index is 521. The van der Waals surface area contributed by atoms with Gasteiger partial charge in [0, 0.05) is 0 Å². The van der Waals surface area contributed by atoms with Gasteiger partial charge in [-0.3, -0.25) is 9.56 Å². The zero-order valence-electron chi connectivity index (χ0n) is 9.56. The lowest BCUT2D eigenvalue weighted by Gasteiger charge is -2.22. The summed E-state index contributed by atoms with van der Waals surface area (Å²) in [5.74, 6) is 0.